The highest BCUT2D eigenvalue weighted by Crippen LogP contribution is 2.41. The maximum Gasteiger partial charge on any atom is 0.344 e. The second-order valence-corrected chi connectivity index (χ2v) is 7.82. The van der Waals surface area contributed by atoms with Gasteiger partial charge in [0, 0.05) is 29.0 Å². The molecule has 0 spiro atoms. The van der Waals surface area contributed by atoms with Gasteiger partial charge >= 0.3 is 11.6 Å². The Bertz CT molecular complexity index is 1140. The van der Waals surface area contributed by atoms with Gasteiger partial charge in [0.25, 0.3) is 0 Å². The molecule has 150 valence electrons. The van der Waals surface area contributed by atoms with Gasteiger partial charge in [-0.1, -0.05) is 24.3 Å². The Morgan fingerprint density at radius 1 is 1.17 bits per heavy atom. The Kier molecular flexibility index (Phi) is 4.78. The molecule has 1 aliphatic heterocycles. The molecule has 0 unspecified atom stereocenters. The number of ether oxygens (including phenoxy) is 3. The highest BCUT2D eigenvalue weighted by atomic mass is 16.6. The molecule has 0 radical (unpaired) electrons. The number of para-hydroxylation sites is 1. The van der Waals surface area contributed by atoms with Crippen LogP contribution in [0.3, 0.4) is 0 Å². The van der Waals surface area contributed by atoms with E-state index in [4.69, 9.17) is 18.6 Å². The number of benzene rings is 2. The molecule has 1 aromatic heterocycles. The van der Waals surface area contributed by atoms with Crippen molar-refractivity contribution in [2.75, 3.05) is 6.61 Å². The van der Waals surface area contributed by atoms with E-state index in [0.717, 1.165) is 22.9 Å². The summed E-state index contributed by atoms with van der Waals surface area (Å²) in [6.45, 7) is 5.64. The minimum atomic E-state index is -0.534. The standard InChI is InChI=1S/C23H22O6/c1-14-7-8-17-16(10-20(24)28-19(17)9-14)12-27-21(25)13-26-18-6-4-5-15-11-23(2,3)29-22(15)18/h4-10H,11-13H2,1-3H3. The molecule has 1 aliphatic rings. The average molecular weight is 394 g/mol. The van der Waals surface area contributed by atoms with Gasteiger partial charge < -0.3 is 18.6 Å². The molecule has 2 heterocycles. The van der Waals surface area contributed by atoms with Gasteiger partial charge in [-0.2, -0.15) is 0 Å². The summed E-state index contributed by atoms with van der Waals surface area (Å²) in [6.07, 6.45) is 0.785. The zero-order valence-corrected chi connectivity index (χ0v) is 16.6. The molecule has 0 N–H and O–H groups in total. The summed E-state index contributed by atoms with van der Waals surface area (Å²) in [6, 6.07) is 12.5. The molecule has 0 bridgehead atoms. The van der Waals surface area contributed by atoms with E-state index < -0.39 is 11.6 Å². The van der Waals surface area contributed by atoms with E-state index in [1.807, 2.05) is 45.0 Å². The number of hydrogen-bond acceptors (Lipinski definition) is 6. The molecule has 6 nitrogen and oxygen atoms in total. The molecule has 3 aromatic rings. The second kappa shape index (κ2) is 7.28. The molecule has 6 heteroatoms. The van der Waals surface area contributed by atoms with Crippen LogP contribution >= 0.6 is 0 Å². The lowest BCUT2D eigenvalue weighted by Gasteiger charge is -2.18. The lowest BCUT2D eigenvalue weighted by Crippen LogP contribution is -2.24. The fraction of sp³-hybridized carbons (Fsp3) is 0.304. The predicted octanol–water partition coefficient (Wildman–Crippen LogP) is 3.94. The smallest absolute Gasteiger partial charge is 0.344 e. The van der Waals surface area contributed by atoms with Crippen molar-refractivity contribution in [3.8, 4) is 11.5 Å². The third-order valence-electron chi connectivity index (χ3n) is 4.77. The average Bonchev–Trinajstić information content (AvgIpc) is 2.98. The third kappa shape index (κ3) is 4.11. The molecule has 2 aromatic carbocycles. The second-order valence-electron chi connectivity index (χ2n) is 7.82. The highest BCUT2D eigenvalue weighted by molar-refractivity contribution is 5.81. The molecular formula is C23H22O6. The Morgan fingerprint density at radius 2 is 2.00 bits per heavy atom. The first-order chi connectivity index (χ1) is 13.8. The van der Waals surface area contributed by atoms with Crippen LogP contribution in [0.25, 0.3) is 11.0 Å². The number of aryl methyl sites for hydroxylation is 1. The zero-order valence-electron chi connectivity index (χ0n) is 16.6. The van der Waals surface area contributed by atoms with Crippen LogP contribution in [-0.2, 0) is 22.6 Å². The van der Waals surface area contributed by atoms with E-state index in [2.05, 4.69) is 0 Å². The molecule has 29 heavy (non-hydrogen) atoms. The number of rotatable bonds is 5. The number of carbonyl (C=O) groups excluding carboxylic acids is 1. The summed E-state index contributed by atoms with van der Waals surface area (Å²) in [5.74, 6) is 0.659. The summed E-state index contributed by atoms with van der Waals surface area (Å²) >= 11 is 0. The summed E-state index contributed by atoms with van der Waals surface area (Å²) in [5.41, 5.74) is 2.32. The van der Waals surface area contributed by atoms with Crippen LogP contribution < -0.4 is 15.1 Å². The third-order valence-corrected chi connectivity index (χ3v) is 4.77. The first-order valence-electron chi connectivity index (χ1n) is 9.43. The highest BCUT2D eigenvalue weighted by Gasteiger charge is 2.32. The SMILES string of the molecule is Cc1ccc2c(COC(=O)COc3cccc4c3OC(C)(C)C4)cc(=O)oc2c1. The van der Waals surface area contributed by atoms with Crippen molar-refractivity contribution in [2.45, 2.75) is 39.4 Å². The lowest BCUT2D eigenvalue weighted by molar-refractivity contribution is -0.147. The Labute approximate surface area is 168 Å². The van der Waals surface area contributed by atoms with Crippen molar-refractivity contribution in [2.24, 2.45) is 0 Å². The van der Waals surface area contributed by atoms with E-state index in [0.29, 0.717) is 22.6 Å². The summed E-state index contributed by atoms with van der Waals surface area (Å²) in [4.78, 5) is 24.0. The molecule has 0 fully saturated rings. The van der Waals surface area contributed by atoms with Crippen molar-refractivity contribution in [3.63, 3.8) is 0 Å². The largest absolute Gasteiger partial charge is 0.483 e. The van der Waals surface area contributed by atoms with Gasteiger partial charge in [0.1, 0.15) is 17.8 Å². The van der Waals surface area contributed by atoms with Crippen LogP contribution in [0.1, 0.15) is 30.5 Å². The topological polar surface area (TPSA) is 75.0 Å². The summed E-state index contributed by atoms with van der Waals surface area (Å²) in [5, 5.41) is 0.737. The van der Waals surface area contributed by atoms with Crippen LogP contribution in [0, 0.1) is 6.92 Å². The van der Waals surface area contributed by atoms with Gasteiger partial charge in [-0.05, 0) is 38.5 Å². The predicted molar refractivity (Wildman–Crippen MR) is 107 cm³/mol. The number of fused-ring (bicyclic) bond motifs is 2. The van der Waals surface area contributed by atoms with Gasteiger partial charge in [-0.3, -0.25) is 0 Å². The first kappa shape index (κ1) is 19.1. The zero-order chi connectivity index (χ0) is 20.6. The molecule has 0 saturated heterocycles. The van der Waals surface area contributed by atoms with Crippen molar-refractivity contribution in [3.05, 3.63) is 69.6 Å². The van der Waals surface area contributed by atoms with Crippen molar-refractivity contribution >= 4 is 16.9 Å². The van der Waals surface area contributed by atoms with Crippen molar-refractivity contribution in [1.82, 2.24) is 0 Å². The van der Waals surface area contributed by atoms with Crippen LogP contribution in [-0.4, -0.2) is 18.2 Å². The first-order valence-corrected chi connectivity index (χ1v) is 9.43. The molecule has 0 aliphatic carbocycles. The monoisotopic (exact) mass is 394 g/mol. The van der Waals surface area contributed by atoms with Crippen molar-refractivity contribution < 1.29 is 23.4 Å². The normalized spacial score (nSPS) is 14.3. The Balaban J connectivity index is 1.42. The van der Waals surface area contributed by atoms with Gasteiger partial charge in [0.2, 0.25) is 0 Å². The molecule has 0 amide bonds. The molecule has 0 atom stereocenters. The van der Waals surface area contributed by atoms with Gasteiger partial charge in [-0.25, -0.2) is 9.59 Å². The van der Waals surface area contributed by atoms with Crippen LogP contribution in [0.4, 0.5) is 0 Å². The fourth-order valence-electron chi connectivity index (χ4n) is 3.49. The summed E-state index contributed by atoms with van der Waals surface area (Å²) < 4.78 is 22.1. The van der Waals surface area contributed by atoms with Gasteiger partial charge in [-0.15, -0.1) is 0 Å². The van der Waals surface area contributed by atoms with Gasteiger partial charge in [0.05, 0.1) is 0 Å². The minimum Gasteiger partial charge on any atom is -0.483 e. The maximum absolute atomic E-state index is 12.2. The lowest BCUT2D eigenvalue weighted by atomic mass is 10.0. The Morgan fingerprint density at radius 3 is 2.83 bits per heavy atom. The number of esters is 1. The molecule has 4 rings (SSSR count). The fourth-order valence-corrected chi connectivity index (χ4v) is 3.49. The Hall–Kier alpha value is -3.28. The molecular weight excluding hydrogens is 372 g/mol. The quantitative estimate of drug-likeness (QED) is 0.482. The number of carbonyl (C=O) groups is 1. The summed E-state index contributed by atoms with van der Waals surface area (Å²) in [7, 11) is 0. The van der Waals surface area contributed by atoms with E-state index >= 15 is 0 Å². The van der Waals surface area contributed by atoms with E-state index in [1.165, 1.54) is 6.07 Å². The van der Waals surface area contributed by atoms with Crippen LogP contribution in [0.15, 0.2) is 51.7 Å². The van der Waals surface area contributed by atoms with Crippen molar-refractivity contribution in [1.29, 1.82) is 0 Å². The van der Waals surface area contributed by atoms with E-state index in [1.54, 1.807) is 12.1 Å². The van der Waals surface area contributed by atoms with Crippen LogP contribution in [0.5, 0.6) is 11.5 Å². The maximum atomic E-state index is 12.2. The van der Waals surface area contributed by atoms with E-state index in [-0.39, 0.29) is 18.8 Å². The van der Waals surface area contributed by atoms with E-state index in [9.17, 15) is 9.59 Å². The number of hydrogen-bond donors (Lipinski definition) is 0. The molecule has 0 saturated carbocycles. The van der Waals surface area contributed by atoms with Crippen LogP contribution in [0.2, 0.25) is 0 Å². The minimum absolute atomic E-state index is 0.0379. The van der Waals surface area contributed by atoms with Gasteiger partial charge in [0.15, 0.2) is 18.1 Å².